The van der Waals surface area contributed by atoms with Crippen LogP contribution in [0.2, 0.25) is 0 Å². The summed E-state index contributed by atoms with van der Waals surface area (Å²) in [6.45, 7) is 4.75. The molecule has 1 aliphatic rings. The lowest BCUT2D eigenvalue weighted by Crippen LogP contribution is -2.25. The summed E-state index contributed by atoms with van der Waals surface area (Å²) in [6.07, 6.45) is 1.96. The number of methoxy groups -OCH3 is 1. The minimum atomic E-state index is -0.521. The SMILES string of the molecule is COCCNc1cccc(-c2c(C)n(C3CC3)c(=O)c3c(Cc4ccc(I)cc4F)c(C)c(=O)oc23)c1. The van der Waals surface area contributed by atoms with E-state index in [0.717, 1.165) is 33.4 Å². The summed E-state index contributed by atoms with van der Waals surface area (Å²) in [5.41, 5.74) is 4.00. The van der Waals surface area contributed by atoms with Crippen LogP contribution in [0.5, 0.6) is 0 Å². The first kappa shape index (κ1) is 25.7. The second-order valence-corrected chi connectivity index (χ2v) is 10.7. The van der Waals surface area contributed by atoms with Crippen molar-refractivity contribution in [3.05, 3.63) is 95.0 Å². The van der Waals surface area contributed by atoms with Crippen LogP contribution in [0.3, 0.4) is 0 Å². The van der Waals surface area contributed by atoms with E-state index in [9.17, 15) is 14.0 Å². The van der Waals surface area contributed by atoms with Crippen LogP contribution in [-0.2, 0) is 11.2 Å². The highest BCUT2D eigenvalue weighted by atomic mass is 127. The van der Waals surface area contributed by atoms with Crippen LogP contribution in [0.15, 0.2) is 56.5 Å². The number of rotatable bonds is 8. The molecule has 1 saturated carbocycles. The number of nitrogens with zero attached hydrogens (tertiary/aromatic N) is 1. The fourth-order valence-corrected chi connectivity index (χ4v) is 5.35. The molecule has 0 spiro atoms. The van der Waals surface area contributed by atoms with Gasteiger partial charge in [0.1, 0.15) is 5.82 Å². The number of pyridine rings is 1. The lowest BCUT2D eigenvalue weighted by atomic mass is 9.94. The smallest absolute Gasteiger partial charge is 0.339 e. The van der Waals surface area contributed by atoms with Gasteiger partial charge in [-0.1, -0.05) is 18.2 Å². The van der Waals surface area contributed by atoms with E-state index in [1.54, 1.807) is 20.1 Å². The molecule has 0 radical (unpaired) electrons. The maximum Gasteiger partial charge on any atom is 0.339 e. The van der Waals surface area contributed by atoms with E-state index >= 15 is 0 Å². The second kappa shape index (κ2) is 10.4. The molecule has 1 aliphatic carbocycles. The molecule has 2 heterocycles. The van der Waals surface area contributed by atoms with Gasteiger partial charge >= 0.3 is 5.63 Å². The average Bonchev–Trinajstić information content (AvgIpc) is 3.69. The van der Waals surface area contributed by atoms with Crippen molar-refractivity contribution in [2.24, 2.45) is 0 Å². The minimum absolute atomic E-state index is 0.105. The third-order valence-corrected chi connectivity index (χ3v) is 7.62. The zero-order valence-electron chi connectivity index (χ0n) is 21.0. The third kappa shape index (κ3) is 4.96. The Labute approximate surface area is 227 Å². The molecule has 5 rings (SSSR count). The first-order valence-electron chi connectivity index (χ1n) is 12.3. The number of hydrogen-bond acceptors (Lipinski definition) is 5. The van der Waals surface area contributed by atoms with Crippen molar-refractivity contribution >= 4 is 39.2 Å². The van der Waals surface area contributed by atoms with Gasteiger partial charge in [-0.3, -0.25) is 4.79 Å². The van der Waals surface area contributed by atoms with Crippen molar-refractivity contribution < 1.29 is 13.5 Å². The van der Waals surface area contributed by atoms with Crippen molar-refractivity contribution in [1.29, 1.82) is 0 Å². The van der Waals surface area contributed by atoms with Gasteiger partial charge < -0.3 is 19.0 Å². The minimum Gasteiger partial charge on any atom is -0.422 e. The van der Waals surface area contributed by atoms with Gasteiger partial charge in [-0.25, -0.2) is 9.18 Å². The van der Waals surface area contributed by atoms with Crippen LogP contribution in [-0.4, -0.2) is 24.8 Å². The molecular weight excluding hydrogens is 586 g/mol. The Kier molecular flexibility index (Phi) is 7.22. The quantitative estimate of drug-likeness (QED) is 0.196. The summed E-state index contributed by atoms with van der Waals surface area (Å²) in [6, 6.07) is 12.9. The molecule has 37 heavy (non-hydrogen) atoms. The van der Waals surface area contributed by atoms with Crippen molar-refractivity contribution in [1.82, 2.24) is 4.57 Å². The number of benzene rings is 2. The molecule has 0 saturated heterocycles. The largest absolute Gasteiger partial charge is 0.422 e. The van der Waals surface area contributed by atoms with Crippen molar-refractivity contribution in [3.63, 3.8) is 0 Å². The van der Waals surface area contributed by atoms with Crippen LogP contribution in [0, 0.1) is 23.2 Å². The van der Waals surface area contributed by atoms with Crippen LogP contribution in [0.1, 0.15) is 41.3 Å². The predicted octanol–water partition coefficient (Wildman–Crippen LogP) is 5.97. The zero-order valence-corrected chi connectivity index (χ0v) is 23.1. The third-order valence-electron chi connectivity index (χ3n) is 6.95. The number of hydrogen-bond donors (Lipinski definition) is 1. The Morgan fingerprint density at radius 3 is 2.65 bits per heavy atom. The molecule has 192 valence electrons. The van der Waals surface area contributed by atoms with Gasteiger partial charge in [-0.15, -0.1) is 0 Å². The van der Waals surface area contributed by atoms with E-state index in [4.69, 9.17) is 9.15 Å². The molecule has 8 heteroatoms. The van der Waals surface area contributed by atoms with E-state index in [0.29, 0.717) is 40.8 Å². The van der Waals surface area contributed by atoms with E-state index < -0.39 is 5.63 Å². The van der Waals surface area contributed by atoms with Gasteiger partial charge in [0.05, 0.1) is 12.0 Å². The molecule has 6 nitrogen and oxygen atoms in total. The Bertz CT molecular complexity index is 1620. The van der Waals surface area contributed by atoms with Crippen molar-refractivity contribution in [2.45, 2.75) is 39.2 Å². The van der Waals surface area contributed by atoms with Crippen LogP contribution < -0.4 is 16.5 Å². The summed E-state index contributed by atoms with van der Waals surface area (Å²) in [4.78, 5) is 27.0. The molecule has 0 bridgehead atoms. The molecule has 0 unspecified atom stereocenters. The van der Waals surface area contributed by atoms with Gasteiger partial charge in [-0.2, -0.15) is 0 Å². The predicted molar refractivity (Wildman–Crippen MR) is 152 cm³/mol. The number of anilines is 1. The lowest BCUT2D eigenvalue weighted by molar-refractivity contribution is 0.211. The van der Waals surface area contributed by atoms with E-state index in [1.165, 1.54) is 6.07 Å². The molecule has 1 fully saturated rings. The highest BCUT2D eigenvalue weighted by Crippen LogP contribution is 2.40. The van der Waals surface area contributed by atoms with Gasteiger partial charge in [-0.05, 0) is 90.2 Å². The Morgan fingerprint density at radius 2 is 1.95 bits per heavy atom. The number of ether oxygens (including phenoxy) is 1. The molecule has 1 N–H and O–H groups in total. The second-order valence-electron chi connectivity index (χ2n) is 9.48. The summed E-state index contributed by atoms with van der Waals surface area (Å²) >= 11 is 2.06. The van der Waals surface area contributed by atoms with Gasteiger partial charge in [0, 0.05) is 52.2 Å². The van der Waals surface area contributed by atoms with E-state index in [1.807, 2.05) is 41.8 Å². The molecule has 0 aliphatic heterocycles. The van der Waals surface area contributed by atoms with Crippen LogP contribution >= 0.6 is 22.6 Å². The monoisotopic (exact) mass is 614 g/mol. The topological polar surface area (TPSA) is 73.5 Å². The fourth-order valence-electron chi connectivity index (χ4n) is 4.90. The molecule has 4 aromatic rings. The average molecular weight is 614 g/mol. The standard InChI is InChI=1S/C29H28FIN2O4/c1-16-23(14-18-7-8-20(31)15-24(18)30)26-27(37-29(16)35)25(17(2)33(28(26)34)22-9-10-22)19-5-4-6-21(13-19)32-11-12-36-3/h4-8,13,15,22,32H,9-12,14H2,1-3H3. The zero-order chi connectivity index (χ0) is 26.3. The lowest BCUT2D eigenvalue weighted by Gasteiger charge is -2.19. The van der Waals surface area contributed by atoms with Crippen LogP contribution in [0.4, 0.5) is 10.1 Å². The highest BCUT2D eigenvalue weighted by molar-refractivity contribution is 14.1. The number of halogens is 2. The van der Waals surface area contributed by atoms with E-state index in [-0.39, 0.29) is 29.4 Å². The molecule has 0 amide bonds. The van der Waals surface area contributed by atoms with E-state index in [2.05, 4.69) is 27.9 Å². The Balaban J connectivity index is 1.78. The first-order chi connectivity index (χ1) is 17.8. The number of aromatic nitrogens is 1. The summed E-state index contributed by atoms with van der Waals surface area (Å²) < 4.78 is 28.5. The Hall–Kier alpha value is -2.98. The van der Waals surface area contributed by atoms with Gasteiger partial charge in [0.15, 0.2) is 5.58 Å². The normalized spacial score (nSPS) is 13.3. The maximum atomic E-state index is 14.9. The first-order valence-corrected chi connectivity index (χ1v) is 13.4. The summed E-state index contributed by atoms with van der Waals surface area (Å²) in [5, 5.41) is 3.68. The van der Waals surface area contributed by atoms with Gasteiger partial charge in [0.25, 0.3) is 5.56 Å². The summed E-state index contributed by atoms with van der Waals surface area (Å²) in [5.74, 6) is -0.364. The van der Waals surface area contributed by atoms with Crippen LogP contribution in [0.25, 0.3) is 22.1 Å². The maximum absolute atomic E-state index is 14.9. The highest BCUT2D eigenvalue weighted by Gasteiger charge is 2.31. The number of nitrogens with one attached hydrogen (secondary N) is 1. The Morgan fingerprint density at radius 1 is 1.16 bits per heavy atom. The summed E-state index contributed by atoms with van der Waals surface area (Å²) in [7, 11) is 1.65. The molecular formula is C29H28FIN2O4. The molecule has 0 atom stereocenters. The number of fused-ring (bicyclic) bond motifs is 1. The molecule has 2 aromatic carbocycles. The molecule has 2 aromatic heterocycles. The fraction of sp³-hybridized carbons (Fsp3) is 0.310. The van der Waals surface area contributed by atoms with Gasteiger partial charge in [0.2, 0.25) is 0 Å². The van der Waals surface area contributed by atoms with Crippen molar-refractivity contribution in [3.8, 4) is 11.1 Å². The van der Waals surface area contributed by atoms with Crippen molar-refractivity contribution in [2.75, 3.05) is 25.6 Å².